The van der Waals surface area contributed by atoms with Crippen molar-refractivity contribution in [3.05, 3.63) is 83.4 Å². The summed E-state index contributed by atoms with van der Waals surface area (Å²) < 4.78 is 21.7. The van der Waals surface area contributed by atoms with Crippen LogP contribution in [0.15, 0.2) is 66.3 Å². The fourth-order valence-electron chi connectivity index (χ4n) is 2.56. The number of aromatic nitrogens is 3. The van der Waals surface area contributed by atoms with Gasteiger partial charge in [0.05, 0.1) is 0 Å². The second-order valence-corrected chi connectivity index (χ2v) is 7.22. The van der Waals surface area contributed by atoms with E-state index in [-0.39, 0.29) is 11.9 Å². The minimum atomic E-state index is -0.335. The first-order valence-corrected chi connectivity index (χ1v) is 9.77. The summed E-state index contributed by atoms with van der Waals surface area (Å²) in [6.07, 6.45) is 1.44. The summed E-state index contributed by atoms with van der Waals surface area (Å²) in [5, 5.41) is 9.83. The molecule has 7 heteroatoms. The Bertz CT molecular complexity index is 931. The van der Waals surface area contributed by atoms with Crippen molar-refractivity contribution in [2.75, 3.05) is 0 Å². The number of halogens is 2. The molecule has 0 aliphatic rings. The van der Waals surface area contributed by atoms with Crippen LogP contribution in [0, 0.1) is 5.82 Å². The monoisotopic (exact) mass is 403 g/mol. The highest BCUT2D eigenvalue weighted by Crippen LogP contribution is 2.28. The molecule has 1 atom stereocenters. The van der Waals surface area contributed by atoms with Gasteiger partial charge in [-0.05, 0) is 36.8 Å². The summed E-state index contributed by atoms with van der Waals surface area (Å²) in [5.41, 5.74) is 0.625. The van der Waals surface area contributed by atoms with Crippen molar-refractivity contribution in [2.24, 2.45) is 0 Å². The van der Waals surface area contributed by atoms with E-state index in [9.17, 15) is 4.39 Å². The van der Waals surface area contributed by atoms with Gasteiger partial charge < -0.3 is 4.74 Å². The Balaban J connectivity index is 1.77. The van der Waals surface area contributed by atoms with Gasteiger partial charge in [0.25, 0.3) is 0 Å². The minimum absolute atomic E-state index is 0.224. The van der Waals surface area contributed by atoms with Gasteiger partial charge in [0.15, 0.2) is 17.1 Å². The van der Waals surface area contributed by atoms with Gasteiger partial charge in [-0.25, -0.2) is 4.39 Å². The molecule has 0 bridgehead atoms. The molecule has 0 spiro atoms. The third kappa shape index (κ3) is 4.90. The van der Waals surface area contributed by atoms with E-state index in [4.69, 9.17) is 16.3 Å². The van der Waals surface area contributed by atoms with Crippen LogP contribution in [0.2, 0.25) is 5.02 Å². The van der Waals surface area contributed by atoms with Crippen molar-refractivity contribution >= 4 is 23.4 Å². The van der Waals surface area contributed by atoms with E-state index in [1.807, 2.05) is 29.7 Å². The first-order valence-electron chi connectivity index (χ1n) is 8.41. The van der Waals surface area contributed by atoms with Gasteiger partial charge in [0.1, 0.15) is 11.6 Å². The summed E-state index contributed by atoms with van der Waals surface area (Å²) in [6, 6.07) is 13.9. The van der Waals surface area contributed by atoms with E-state index in [1.54, 1.807) is 30.3 Å². The topological polar surface area (TPSA) is 39.9 Å². The van der Waals surface area contributed by atoms with E-state index in [0.717, 1.165) is 0 Å². The molecule has 2 aromatic carbocycles. The predicted molar refractivity (Wildman–Crippen MR) is 107 cm³/mol. The average molecular weight is 404 g/mol. The van der Waals surface area contributed by atoms with Crippen LogP contribution in [-0.4, -0.2) is 14.8 Å². The van der Waals surface area contributed by atoms with Crippen molar-refractivity contribution in [3.8, 4) is 5.75 Å². The van der Waals surface area contributed by atoms with E-state index in [1.165, 1.54) is 17.8 Å². The minimum Gasteiger partial charge on any atom is -0.483 e. The Labute approximate surface area is 167 Å². The molecule has 4 nitrogen and oxygen atoms in total. The van der Waals surface area contributed by atoms with Crippen LogP contribution < -0.4 is 4.74 Å². The van der Waals surface area contributed by atoms with Gasteiger partial charge in [-0.1, -0.05) is 53.7 Å². The maximum absolute atomic E-state index is 13.8. The number of allylic oxidation sites excluding steroid dienone is 1. The number of nitrogens with zero attached hydrogens (tertiary/aromatic N) is 3. The Morgan fingerprint density at radius 2 is 2.07 bits per heavy atom. The lowest BCUT2D eigenvalue weighted by atomic mass is 10.2. The first-order chi connectivity index (χ1) is 13.1. The molecular formula is C20H19ClFN3OS. The summed E-state index contributed by atoms with van der Waals surface area (Å²) >= 11 is 7.44. The molecule has 3 aromatic rings. The van der Waals surface area contributed by atoms with Crippen LogP contribution in [-0.2, 0) is 12.3 Å². The molecule has 140 valence electrons. The van der Waals surface area contributed by atoms with Gasteiger partial charge in [0, 0.05) is 17.3 Å². The van der Waals surface area contributed by atoms with Gasteiger partial charge >= 0.3 is 0 Å². The third-order valence-corrected chi connectivity index (χ3v) is 5.09. The number of hydrogen-bond donors (Lipinski definition) is 0. The van der Waals surface area contributed by atoms with Crippen molar-refractivity contribution < 1.29 is 9.13 Å². The molecule has 1 unspecified atom stereocenters. The molecule has 0 fully saturated rings. The third-order valence-electron chi connectivity index (χ3n) is 3.84. The molecule has 0 radical (unpaired) electrons. The zero-order chi connectivity index (χ0) is 19.2. The summed E-state index contributed by atoms with van der Waals surface area (Å²) in [7, 11) is 0. The van der Waals surface area contributed by atoms with Crippen LogP contribution >= 0.6 is 23.4 Å². The van der Waals surface area contributed by atoms with E-state index < -0.39 is 0 Å². The van der Waals surface area contributed by atoms with Gasteiger partial charge in [-0.3, -0.25) is 4.57 Å². The maximum Gasteiger partial charge on any atom is 0.191 e. The zero-order valence-corrected chi connectivity index (χ0v) is 16.4. The van der Waals surface area contributed by atoms with Crippen LogP contribution in [0.1, 0.15) is 24.4 Å². The Morgan fingerprint density at radius 1 is 1.26 bits per heavy atom. The number of benzene rings is 2. The molecule has 0 saturated carbocycles. The maximum atomic E-state index is 13.8. The van der Waals surface area contributed by atoms with E-state index in [2.05, 4.69) is 16.8 Å². The number of hydrogen-bond acceptors (Lipinski definition) is 4. The number of thioether (sulfide) groups is 1. The van der Waals surface area contributed by atoms with Crippen LogP contribution in [0.5, 0.6) is 5.75 Å². The molecule has 0 N–H and O–H groups in total. The SMILES string of the molecule is C=CCn1c(SCc2ccccc2F)nnc1C(C)Oc1cccc(Cl)c1. The standard InChI is InChI=1S/C20H19ClFN3OS/c1-3-11-25-19(14(2)26-17-9-6-8-16(21)12-17)23-24-20(25)27-13-15-7-4-5-10-18(15)22/h3-10,12,14H,1,11,13H2,2H3. The van der Waals surface area contributed by atoms with Crippen molar-refractivity contribution in [1.82, 2.24) is 14.8 Å². The lowest BCUT2D eigenvalue weighted by Gasteiger charge is -2.16. The highest BCUT2D eigenvalue weighted by molar-refractivity contribution is 7.98. The highest BCUT2D eigenvalue weighted by atomic mass is 35.5. The molecule has 1 aromatic heterocycles. The van der Waals surface area contributed by atoms with Crippen molar-refractivity contribution in [2.45, 2.75) is 30.5 Å². The highest BCUT2D eigenvalue weighted by Gasteiger charge is 2.19. The van der Waals surface area contributed by atoms with Gasteiger partial charge in [0.2, 0.25) is 0 Å². The molecule has 27 heavy (non-hydrogen) atoms. The van der Waals surface area contributed by atoms with E-state index in [0.29, 0.717) is 39.6 Å². The summed E-state index contributed by atoms with van der Waals surface area (Å²) in [6.45, 7) is 6.23. The van der Waals surface area contributed by atoms with Gasteiger partial charge in [-0.2, -0.15) is 0 Å². The summed E-state index contributed by atoms with van der Waals surface area (Å²) in [4.78, 5) is 0. The summed E-state index contributed by atoms with van der Waals surface area (Å²) in [5.74, 6) is 1.57. The normalized spacial score (nSPS) is 12.0. The van der Waals surface area contributed by atoms with Crippen LogP contribution in [0.3, 0.4) is 0 Å². The second-order valence-electron chi connectivity index (χ2n) is 5.84. The molecule has 0 aliphatic carbocycles. The Hall–Kier alpha value is -2.31. The molecule has 1 heterocycles. The predicted octanol–water partition coefficient (Wildman–Crippen LogP) is 5.69. The largest absolute Gasteiger partial charge is 0.483 e. The fourth-order valence-corrected chi connectivity index (χ4v) is 3.68. The smallest absolute Gasteiger partial charge is 0.191 e. The molecule has 3 rings (SSSR count). The Kier molecular flexibility index (Phi) is 6.53. The lowest BCUT2D eigenvalue weighted by molar-refractivity contribution is 0.210. The molecule has 0 amide bonds. The first kappa shape index (κ1) is 19.5. The quantitative estimate of drug-likeness (QED) is 0.358. The van der Waals surface area contributed by atoms with E-state index >= 15 is 0 Å². The molecule has 0 saturated heterocycles. The van der Waals surface area contributed by atoms with Crippen LogP contribution in [0.25, 0.3) is 0 Å². The Morgan fingerprint density at radius 3 is 2.81 bits per heavy atom. The van der Waals surface area contributed by atoms with Crippen molar-refractivity contribution in [1.29, 1.82) is 0 Å². The zero-order valence-electron chi connectivity index (χ0n) is 14.8. The fraction of sp³-hybridized carbons (Fsp3) is 0.200. The van der Waals surface area contributed by atoms with Crippen molar-refractivity contribution in [3.63, 3.8) is 0 Å². The number of rotatable bonds is 8. The molecule has 0 aliphatic heterocycles. The second kappa shape index (κ2) is 9.06. The lowest BCUT2D eigenvalue weighted by Crippen LogP contribution is -2.12. The molecular weight excluding hydrogens is 385 g/mol. The average Bonchev–Trinajstić information content (AvgIpc) is 3.04. The van der Waals surface area contributed by atoms with Crippen LogP contribution in [0.4, 0.5) is 4.39 Å². The van der Waals surface area contributed by atoms with Gasteiger partial charge in [-0.15, -0.1) is 16.8 Å². The number of ether oxygens (including phenoxy) is 1.